The standard InChI is InChI=1S/C14H26N4/c1-12-14(13(2)17(3)16-12)6-4-9-18-10-5-7-15-8-11-18/h15H,4-11H2,1-3H3. The number of aromatic nitrogens is 2. The van der Waals surface area contributed by atoms with Crippen molar-refractivity contribution >= 4 is 0 Å². The van der Waals surface area contributed by atoms with Gasteiger partial charge >= 0.3 is 0 Å². The Morgan fingerprint density at radius 3 is 2.78 bits per heavy atom. The van der Waals surface area contributed by atoms with E-state index in [1.807, 2.05) is 11.7 Å². The van der Waals surface area contributed by atoms with E-state index in [0.717, 1.165) is 13.0 Å². The first-order chi connectivity index (χ1) is 8.68. The zero-order valence-electron chi connectivity index (χ0n) is 12.0. The highest BCUT2D eigenvalue weighted by molar-refractivity contribution is 5.24. The van der Waals surface area contributed by atoms with E-state index in [-0.39, 0.29) is 0 Å². The predicted molar refractivity (Wildman–Crippen MR) is 74.9 cm³/mol. The second-order valence-corrected chi connectivity index (χ2v) is 5.32. The van der Waals surface area contributed by atoms with E-state index in [0.29, 0.717) is 0 Å². The molecule has 0 unspecified atom stereocenters. The van der Waals surface area contributed by atoms with Crippen molar-refractivity contribution in [2.24, 2.45) is 7.05 Å². The summed E-state index contributed by atoms with van der Waals surface area (Å²) < 4.78 is 2.00. The van der Waals surface area contributed by atoms with Crippen LogP contribution in [0.4, 0.5) is 0 Å². The highest BCUT2D eigenvalue weighted by atomic mass is 15.3. The number of nitrogens with one attached hydrogen (secondary N) is 1. The molecule has 2 rings (SSSR count). The number of rotatable bonds is 4. The Morgan fingerprint density at radius 1 is 1.22 bits per heavy atom. The second kappa shape index (κ2) is 6.34. The Morgan fingerprint density at radius 2 is 2.06 bits per heavy atom. The number of hydrogen-bond acceptors (Lipinski definition) is 3. The Balaban J connectivity index is 1.80. The lowest BCUT2D eigenvalue weighted by Crippen LogP contribution is -2.29. The second-order valence-electron chi connectivity index (χ2n) is 5.32. The normalized spacial score (nSPS) is 17.9. The molecule has 0 radical (unpaired) electrons. The first-order valence-corrected chi connectivity index (χ1v) is 7.10. The van der Waals surface area contributed by atoms with Crippen LogP contribution in [-0.4, -0.2) is 47.4 Å². The minimum absolute atomic E-state index is 1.14. The monoisotopic (exact) mass is 250 g/mol. The van der Waals surface area contributed by atoms with Crippen molar-refractivity contribution in [3.05, 3.63) is 17.0 Å². The fourth-order valence-corrected chi connectivity index (χ4v) is 2.78. The van der Waals surface area contributed by atoms with Crippen molar-refractivity contribution in [2.75, 3.05) is 32.7 Å². The fraction of sp³-hybridized carbons (Fsp3) is 0.786. The topological polar surface area (TPSA) is 33.1 Å². The number of nitrogens with zero attached hydrogens (tertiary/aromatic N) is 3. The van der Waals surface area contributed by atoms with Crippen molar-refractivity contribution in [3.63, 3.8) is 0 Å². The van der Waals surface area contributed by atoms with Gasteiger partial charge in [-0.1, -0.05) is 0 Å². The van der Waals surface area contributed by atoms with E-state index in [2.05, 4.69) is 29.2 Å². The van der Waals surface area contributed by atoms with Crippen molar-refractivity contribution in [1.82, 2.24) is 20.0 Å². The molecule has 0 aliphatic carbocycles. The molecule has 18 heavy (non-hydrogen) atoms. The van der Waals surface area contributed by atoms with Gasteiger partial charge in [-0.05, 0) is 58.3 Å². The highest BCUT2D eigenvalue weighted by Gasteiger charge is 2.11. The fourth-order valence-electron chi connectivity index (χ4n) is 2.78. The molecule has 2 heterocycles. The third-order valence-corrected chi connectivity index (χ3v) is 3.99. The lowest BCUT2D eigenvalue weighted by molar-refractivity contribution is 0.289. The van der Waals surface area contributed by atoms with Crippen LogP contribution in [0.1, 0.15) is 29.8 Å². The minimum Gasteiger partial charge on any atom is -0.315 e. The van der Waals surface area contributed by atoms with Crippen LogP contribution in [-0.2, 0) is 13.5 Å². The summed E-state index contributed by atoms with van der Waals surface area (Å²) in [6, 6.07) is 0. The predicted octanol–water partition coefficient (Wildman–Crippen LogP) is 1.26. The van der Waals surface area contributed by atoms with Crippen molar-refractivity contribution < 1.29 is 0 Å². The first kappa shape index (κ1) is 13.6. The molecule has 0 aromatic carbocycles. The Hall–Kier alpha value is -0.870. The quantitative estimate of drug-likeness (QED) is 0.873. The Kier molecular flexibility index (Phi) is 4.78. The number of hydrogen-bond donors (Lipinski definition) is 1. The molecule has 0 atom stereocenters. The van der Waals surface area contributed by atoms with E-state index in [9.17, 15) is 0 Å². The van der Waals surface area contributed by atoms with Crippen LogP contribution in [0.2, 0.25) is 0 Å². The molecule has 0 amide bonds. The maximum atomic E-state index is 4.48. The van der Waals surface area contributed by atoms with Crippen molar-refractivity contribution in [3.8, 4) is 0 Å². The molecule has 1 aliphatic rings. The summed E-state index contributed by atoms with van der Waals surface area (Å²) in [5.74, 6) is 0. The van der Waals surface area contributed by atoms with Gasteiger partial charge in [-0.3, -0.25) is 4.68 Å². The minimum atomic E-state index is 1.14. The summed E-state index contributed by atoms with van der Waals surface area (Å²) >= 11 is 0. The van der Waals surface area contributed by atoms with Gasteiger partial charge in [0.1, 0.15) is 0 Å². The van der Waals surface area contributed by atoms with E-state index in [1.165, 1.54) is 56.0 Å². The van der Waals surface area contributed by atoms with Gasteiger partial charge in [-0.2, -0.15) is 5.10 Å². The van der Waals surface area contributed by atoms with Crippen LogP contribution >= 0.6 is 0 Å². The van der Waals surface area contributed by atoms with Crippen LogP contribution in [0.25, 0.3) is 0 Å². The summed E-state index contributed by atoms with van der Waals surface area (Å²) in [6.07, 6.45) is 3.69. The summed E-state index contributed by atoms with van der Waals surface area (Å²) in [7, 11) is 2.03. The van der Waals surface area contributed by atoms with Gasteiger partial charge in [0.2, 0.25) is 0 Å². The smallest absolute Gasteiger partial charge is 0.0628 e. The molecule has 0 bridgehead atoms. The van der Waals surface area contributed by atoms with Crippen molar-refractivity contribution in [2.45, 2.75) is 33.1 Å². The molecule has 102 valence electrons. The van der Waals surface area contributed by atoms with Gasteiger partial charge < -0.3 is 10.2 Å². The zero-order valence-corrected chi connectivity index (χ0v) is 12.0. The third kappa shape index (κ3) is 3.33. The summed E-state index contributed by atoms with van der Waals surface area (Å²) in [5, 5.41) is 7.94. The summed E-state index contributed by atoms with van der Waals surface area (Å²) in [4.78, 5) is 2.58. The zero-order chi connectivity index (χ0) is 13.0. The maximum Gasteiger partial charge on any atom is 0.0628 e. The van der Waals surface area contributed by atoms with E-state index in [1.54, 1.807) is 0 Å². The molecule has 4 heteroatoms. The van der Waals surface area contributed by atoms with Crippen molar-refractivity contribution in [1.29, 1.82) is 0 Å². The molecule has 1 N–H and O–H groups in total. The number of aryl methyl sites for hydroxylation is 2. The average Bonchev–Trinajstić information content (AvgIpc) is 2.57. The van der Waals surface area contributed by atoms with Crippen LogP contribution in [0, 0.1) is 13.8 Å². The molecule has 1 aromatic heterocycles. The molecule has 1 aliphatic heterocycles. The lowest BCUT2D eigenvalue weighted by atomic mass is 10.1. The van der Waals surface area contributed by atoms with Gasteiger partial charge in [-0.15, -0.1) is 0 Å². The summed E-state index contributed by atoms with van der Waals surface area (Å²) in [6.45, 7) is 10.3. The first-order valence-electron chi connectivity index (χ1n) is 7.10. The highest BCUT2D eigenvalue weighted by Crippen LogP contribution is 2.14. The molecule has 4 nitrogen and oxygen atoms in total. The average molecular weight is 250 g/mol. The summed E-state index contributed by atoms with van der Waals surface area (Å²) in [5.41, 5.74) is 3.98. The molecule has 0 spiro atoms. The van der Waals surface area contributed by atoms with Crippen LogP contribution in [0.3, 0.4) is 0 Å². The maximum absolute atomic E-state index is 4.48. The van der Waals surface area contributed by atoms with Gasteiger partial charge in [0.25, 0.3) is 0 Å². The van der Waals surface area contributed by atoms with Crippen LogP contribution < -0.4 is 5.32 Å². The lowest BCUT2D eigenvalue weighted by Gasteiger charge is -2.19. The van der Waals surface area contributed by atoms with Crippen LogP contribution in [0.5, 0.6) is 0 Å². The van der Waals surface area contributed by atoms with E-state index >= 15 is 0 Å². The molecule has 1 saturated heterocycles. The molecular formula is C14H26N4. The molecular weight excluding hydrogens is 224 g/mol. The Labute approximate surface area is 110 Å². The molecule has 0 saturated carbocycles. The largest absolute Gasteiger partial charge is 0.315 e. The van der Waals surface area contributed by atoms with Gasteiger partial charge in [0, 0.05) is 25.8 Å². The molecule has 1 fully saturated rings. The Bertz CT molecular complexity index is 375. The van der Waals surface area contributed by atoms with Gasteiger partial charge in [0.05, 0.1) is 5.69 Å². The van der Waals surface area contributed by atoms with Gasteiger partial charge in [-0.25, -0.2) is 0 Å². The third-order valence-electron chi connectivity index (χ3n) is 3.99. The van der Waals surface area contributed by atoms with E-state index in [4.69, 9.17) is 0 Å². The van der Waals surface area contributed by atoms with Crippen LogP contribution in [0.15, 0.2) is 0 Å². The van der Waals surface area contributed by atoms with E-state index < -0.39 is 0 Å². The molecule has 1 aromatic rings. The SMILES string of the molecule is Cc1nn(C)c(C)c1CCCN1CCCNCC1. The van der Waals surface area contributed by atoms with Gasteiger partial charge in [0.15, 0.2) is 0 Å².